The molecule has 0 saturated carbocycles. The molecule has 1 heterocycles. The van der Waals surface area contributed by atoms with Crippen LogP contribution in [-0.4, -0.2) is 10.2 Å². The monoisotopic (exact) mass is 152 g/mol. The number of hydrogen-bond acceptors (Lipinski definition) is 2. The van der Waals surface area contributed by atoms with Crippen molar-refractivity contribution in [2.75, 3.05) is 0 Å². The highest BCUT2D eigenvalue weighted by Gasteiger charge is 1.96. The molecule has 0 spiro atoms. The zero-order valence-corrected chi connectivity index (χ0v) is 7.70. The molecule has 0 aliphatic rings. The fourth-order valence-corrected chi connectivity index (χ4v) is 0.621. The van der Waals surface area contributed by atoms with Crippen LogP contribution in [0, 0.1) is 0 Å². The van der Waals surface area contributed by atoms with E-state index in [9.17, 15) is 0 Å². The highest BCUT2D eigenvalue weighted by molar-refractivity contribution is 5.03. The molecular formula is C9H16N2. The van der Waals surface area contributed by atoms with Crippen LogP contribution in [-0.2, 0) is 0 Å². The summed E-state index contributed by atoms with van der Waals surface area (Å²) in [7, 11) is 0. The lowest BCUT2D eigenvalue weighted by Gasteiger charge is -1.98. The lowest BCUT2D eigenvalue weighted by atomic mass is 10.1. The maximum Gasteiger partial charge on any atom is 0.0656 e. The van der Waals surface area contributed by atoms with Crippen LogP contribution in [0.4, 0.5) is 0 Å². The molecule has 0 bridgehead atoms. The molecule has 1 aromatic rings. The molecule has 62 valence electrons. The van der Waals surface area contributed by atoms with Gasteiger partial charge in [-0.25, -0.2) is 0 Å². The Kier molecular flexibility index (Phi) is 5.35. The molecule has 0 atom stereocenters. The van der Waals surface area contributed by atoms with Gasteiger partial charge in [-0.05, 0) is 18.1 Å². The number of nitrogens with zero attached hydrogens (tertiary/aromatic N) is 2. The lowest BCUT2D eigenvalue weighted by Crippen LogP contribution is -1.92. The summed E-state index contributed by atoms with van der Waals surface area (Å²) in [5.74, 6) is 0.485. The third-order valence-electron chi connectivity index (χ3n) is 1.18. The van der Waals surface area contributed by atoms with Crippen LogP contribution in [0.2, 0.25) is 0 Å². The summed E-state index contributed by atoms with van der Waals surface area (Å²) in [5.41, 5.74) is 1.05. The van der Waals surface area contributed by atoms with Crippen LogP contribution >= 0.6 is 0 Å². The second-order valence-electron chi connectivity index (χ2n) is 2.30. The maximum absolute atomic E-state index is 3.93. The largest absolute Gasteiger partial charge is 0.159 e. The van der Waals surface area contributed by atoms with Crippen molar-refractivity contribution in [1.82, 2.24) is 10.2 Å². The fraction of sp³-hybridized carbons (Fsp3) is 0.556. The van der Waals surface area contributed by atoms with Gasteiger partial charge in [0.05, 0.1) is 5.69 Å². The minimum atomic E-state index is 0.485. The molecule has 0 N–H and O–H groups in total. The van der Waals surface area contributed by atoms with Gasteiger partial charge in [0.2, 0.25) is 0 Å². The first-order valence-corrected chi connectivity index (χ1v) is 4.08. The van der Waals surface area contributed by atoms with Gasteiger partial charge in [-0.3, -0.25) is 0 Å². The zero-order valence-electron chi connectivity index (χ0n) is 7.70. The molecule has 11 heavy (non-hydrogen) atoms. The molecular weight excluding hydrogens is 136 g/mol. The van der Waals surface area contributed by atoms with Crippen LogP contribution in [0.5, 0.6) is 0 Å². The van der Waals surface area contributed by atoms with Crippen molar-refractivity contribution >= 4 is 0 Å². The van der Waals surface area contributed by atoms with Gasteiger partial charge in [0.1, 0.15) is 0 Å². The molecule has 0 aliphatic carbocycles. The van der Waals surface area contributed by atoms with Gasteiger partial charge in [-0.1, -0.05) is 27.7 Å². The minimum Gasteiger partial charge on any atom is -0.159 e. The topological polar surface area (TPSA) is 25.8 Å². The Bertz CT molecular complexity index is 170. The Morgan fingerprint density at radius 1 is 1.27 bits per heavy atom. The predicted molar refractivity (Wildman–Crippen MR) is 47.5 cm³/mol. The van der Waals surface area contributed by atoms with Gasteiger partial charge in [-0.2, -0.15) is 10.2 Å². The third-order valence-corrected chi connectivity index (χ3v) is 1.18. The minimum absolute atomic E-state index is 0.485. The summed E-state index contributed by atoms with van der Waals surface area (Å²) in [6.45, 7) is 8.20. The summed E-state index contributed by atoms with van der Waals surface area (Å²) in [4.78, 5) is 0. The predicted octanol–water partition coefficient (Wildman–Crippen LogP) is 2.63. The molecule has 2 nitrogen and oxygen atoms in total. The molecule has 0 aromatic carbocycles. The molecule has 0 amide bonds. The second-order valence-corrected chi connectivity index (χ2v) is 2.30. The van der Waals surface area contributed by atoms with Crippen molar-refractivity contribution in [2.45, 2.75) is 33.6 Å². The van der Waals surface area contributed by atoms with E-state index in [1.165, 1.54) is 0 Å². The van der Waals surface area contributed by atoms with E-state index in [4.69, 9.17) is 0 Å². The van der Waals surface area contributed by atoms with Crippen molar-refractivity contribution < 1.29 is 0 Å². The third kappa shape index (κ3) is 3.71. The smallest absolute Gasteiger partial charge is 0.0656 e. The first kappa shape index (κ1) is 10.1. The van der Waals surface area contributed by atoms with Crippen LogP contribution < -0.4 is 0 Å². The molecule has 0 unspecified atom stereocenters. The van der Waals surface area contributed by atoms with Crippen LogP contribution in [0.1, 0.15) is 39.3 Å². The van der Waals surface area contributed by atoms with E-state index < -0.39 is 0 Å². The number of hydrogen-bond donors (Lipinski definition) is 0. The highest BCUT2D eigenvalue weighted by atomic mass is 15.1. The zero-order chi connectivity index (χ0) is 8.69. The SMILES string of the molecule is CC.CC(C)c1cccnn1. The average Bonchev–Trinajstić information content (AvgIpc) is 2.10. The summed E-state index contributed by atoms with van der Waals surface area (Å²) in [6, 6.07) is 3.89. The summed E-state index contributed by atoms with van der Waals surface area (Å²) in [5, 5.41) is 7.68. The number of rotatable bonds is 1. The average molecular weight is 152 g/mol. The Morgan fingerprint density at radius 3 is 2.18 bits per heavy atom. The van der Waals surface area contributed by atoms with Crippen molar-refractivity contribution in [3.63, 3.8) is 0 Å². The fourth-order valence-electron chi connectivity index (χ4n) is 0.621. The molecule has 0 aliphatic heterocycles. The van der Waals surface area contributed by atoms with E-state index in [0.29, 0.717) is 5.92 Å². The Hall–Kier alpha value is -0.920. The normalized spacial score (nSPS) is 8.82. The van der Waals surface area contributed by atoms with Gasteiger partial charge in [0.15, 0.2) is 0 Å². The summed E-state index contributed by atoms with van der Waals surface area (Å²) < 4.78 is 0. The molecule has 0 saturated heterocycles. The first-order chi connectivity index (χ1) is 5.30. The summed E-state index contributed by atoms with van der Waals surface area (Å²) >= 11 is 0. The van der Waals surface area contributed by atoms with E-state index in [2.05, 4.69) is 24.0 Å². The van der Waals surface area contributed by atoms with Gasteiger partial charge in [-0.15, -0.1) is 0 Å². The van der Waals surface area contributed by atoms with Gasteiger partial charge >= 0.3 is 0 Å². The van der Waals surface area contributed by atoms with Crippen molar-refractivity contribution in [2.24, 2.45) is 0 Å². The van der Waals surface area contributed by atoms with E-state index in [1.54, 1.807) is 6.20 Å². The molecule has 0 radical (unpaired) electrons. The van der Waals surface area contributed by atoms with Gasteiger partial charge < -0.3 is 0 Å². The highest BCUT2D eigenvalue weighted by Crippen LogP contribution is 2.07. The van der Waals surface area contributed by atoms with E-state index in [1.807, 2.05) is 26.0 Å². The quantitative estimate of drug-likeness (QED) is 0.618. The lowest BCUT2D eigenvalue weighted by molar-refractivity contribution is 0.785. The molecule has 0 fully saturated rings. The van der Waals surface area contributed by atoms with E-state index in [-0.39, 0.29) is 0 Å². The van der Waals surface area contributed by atoms with Gasteiger partial charge in [0.25, 0.3) is 0 Å². The van der Waals surface area contributed by atoms with Crippen molar-refractivity contribution in [3.8, 4) is 0 Å². The number of aromatic nitrogens is 2. The van der Waals surface area contributed by atoms with E-state index >= 15 is 0 Å². The van der Waals surface area contributed by atoms with Crippen molar-refractivity contribution in [1.29, 1.82) is 0 Å². The Balaban J connectivity index is 0.000000461. The van der Waals surface area contributed by atoms with Crippen LogP contribution in [0.3, 0.4) is 0 Å². The van der Waals surface area contributed by atoms with Crippen molar-refractivity contribution in [3.05, 3.63) is 24.0 Å². The van der Waals surface area contributed by atoms with Crippen LogP contribution in [0.15, 0.2) is 18.3 Å². The molecule has 1 rings (SSSR count). The second kappa shape index (κ2) is 5.83. The van der Waals surface area contributed by atoms with Crippen LogP contribution in [0.25, 0.3) is 0 Å². The Labute approximate surface area is 68.7 Å². The van der Waals surface area contributed by atoms with E-state index in [0.717, 1.165) is 5.69 Å². The Morgan fingerprint density at radius 2 is 1.91 bits per heavy atom. The maximum atomic E-state index is 3.93. The standard InChI is InChI=1S/C7H10N2.C2H6/c1-6(2)7-4-3-5-8-9-7;1-2/h3-6H,1-2H3;1-2H3. The first-order valence-electron chi connectivity index (χ1n) is 4.08. The molecule has 1 aromatic heterocycles. The summed E-state index contributed by atoms with van der Waals surface area (Å²) in [6.07, 6.45) is 1.69. The molecule has 2 heteroatoms. The van der Waals surface area contributed by atoms with Gasteiger partial charge in [0, 0.05) is 6.20 Å².